The van der Waals surface area contributed by atoms with E-state index in [1.807, 2.05) is 42.2 Å². The zero-order chi connectivity index (χ0) is 25.8. The molecule has 0 aromatic heterocycles. The van der Waals surface area contributed by atoms with Crippen molar-refractivity contribution in [1.82, 2.24) is 10.2 Å². The normalized spacial score (nSPS) is 19.4. The SMILES string of the molecule is COC(=O)C1=C(C)N(Cc2ccccc2)C(C)=C(C(=O)O[C@H]2CCNC2)[C@H]1c1cccc([N+](=O)[O-])c1.Cl. The minimum Gasteiger partial charge on any atom is -0.466 e. The molecule has 2 aliphatic heterocycles. The largest absolute Gasteiger partial charge is 0.466 e. The zero-order valence-electron chi connectivity index (χ0n) is 20.9. The Labute approximate surface area is 221 Å². The maximum Gasteiger partial charge on any atom is 0.337 e. The maximum absolute atomic E-state index is 13.7. The molecule has 0 aliphatic carbocycles. The van der Waals surface area contributed by atoms with E-state index in [0.29, 0.717) is 36.5 Å². The molecule has 2 aliphatic rings. The number of nitro groups is 1. The van der Waals surface area contributed by atoms with Gasteiger partial charge in [-0.2, -0.15) is 0 Å². The third-order valence-electron chi connectivity index (χ3n) is 6.68. The van der Waals surface area contributed by atoms with Crippen LogP contribution in [0.2, 0.25) is 0 Å². The van der Waals surface area contributed by atoms with E-state index in [2.05, 4.69) is 5.32 Å². The van der Waals surface area contributed by atoms with Gasteiger partial charge in [0.15, 0.2) is 0 Å². The molecule has 1 N–H and O–H groups in total. The van der Waals surface area contributed by atoms with Gasteiger partial charge in [0.2, 0.25) is 0 Å². The quantitative estimate of drug-likeness (QED) is 0.323. The van der Waals surface area contributed by atoms with E-state index in [4.69, 9.17) is 9.47 Å². The number of allylic oxidation sites excluding steroid dienone is 2. The van der Waals surface area contributed by atoms with Gasteiger partial charge < -0.3 is 19.7 Å². The van der Waals surface area contributed by atoms with Gasteiger partial charge in [0.1, 0.15) is 6.10 Å². The van der Waals surface area contributed by atoms with Gasteiger partial charge in [-0.05, 0) is 37.9 Å². The first-order valence-corrected chi connectivity index (χ1v) is 11.8. The standard InChI is InChI=1S/C27H29N3O6.ClH/c1-17-23(26(31)35-3)25(20-10-7-11-21(14-20)30(33)34)24(27(32)36-22-12-13-28-15-22)18(2)29(17)16-19-8-5-4-6-9-19;/h4-11,14,22,25,28H,12-13,15-16H2,1-3H3;1H/t22-,25-;/m0./s1. The lowest BCUT2D eigenvalue weighted by atomic mass is 9.79. The molecule has 0 unspecified atom stereocenters. The van der Waals surface area contributed by atoms with Crippen LogP contribution in [-0.2, 0) is 25.6 Å². The molecule has 0 saturated carbocycles. The molecule has 2 aromatic carbocycles. The summed E-state index contributed by atoms with van der Waals surface area (Å²) >= 11 is 0. The van der Waals surface area contributed by atoms with Crippen LogP contribution in [0.25, 0.3) is 0 Å². The van der Waals surface area contributed by atoms with Crippen LogP contribution < -0.4 is 5.32 Å². The lowest BCUT2D eigenvalue weighted by Crippen LogP contribution is -2.36. The number of esters is 2. The summed E-state index contributed by atoms with van der Waals surface area (Å²) < 4.78 is 11.0. The van der Waals surface area contributed by atoms with E-state index in [1.165, 1.54) is 19.2 Å². The molecule has 0 spiro atoms. The van der Waals surface area contributed by atoms with Gasteiger partial charge >= 0.3 is 11.9 Å². The summed E-state index contributed by atoms with van der Waals surface area (Å²) in [6.45, 7) is 5.33. The van der Waals surface area contributed by atoms with Crippen LogP contribution in [0.4, 0.5) is 5.69 Å². The van der Waals surface area contributed by atoms with E-state index in [-0.39, 0.29) is 35.3 Å². The third kappa shape index (κ3) is 5.84. The van der Waals surface area contributed by atoms with E-state index in [9.17, 15) is 19.7 Å². The molecular weight excluding hydrogens is 498 g/mol. The molecule has 196 valence electrons. The molecule has 0 amide bonds. The van der Waals surface area contributed by atoms with Gasteiger partial charge in [0.25, 0.3) is 5.69 Å². The molecule has 1 saturated heterocycles. The van der Waals surface area contributed by atoms with Crippen LogP contribution >= 0.6 is 12.4 Å². The summed E-state index contributed by atoms with van der Waals surface area (Å²) in [6, 6.07) is 15.7. The lowest BCUT2D eigenvalue weighted by molar-refractivity contribution is -0.384. The number of hydrogen-bond acceptors (Lipinski definition) is 8. The molecule has 0 bridgehead atoms. The van der Waals surface area contributed by atoms with E-state index in [0.717, 1.165) is 12.1 Å². The maximum atomic E-state index is 13.7. The Kier molecular flexibility index (Phi) is 9.07. The summed E-state index contributed by atoms with van der Waals surface area (Å²) in [5, 5.41) is 14.7. The molecule has 2 atom stereocenters. The van der Waals surface area contributed by atoms with Crippen LogP contribution in [0, 0.1) is 10.1 Å². The Morgan fingerprint density at radius 2 is 1.73 bits per heavy atom. The molecule has 9 nitrogen and oxygen atoms in total. The highest BCUT2D eigenvalue weighted by Gasteiger charge is 2.41. The Balaban J connectivity index is 0.00000380. The first kappa shape index (κ1) is 27.9. The highest BCUT2D eigenvalue weighted by Crippen LogP contribution is 2.44. The van der Waals surface area contributed by atoms with Crippen molar-refractivity contribution in [3.05, 3.63) is 98.4 Å². The zero-order valence-corrected chi connectivity index (χ0v) is 21.7. The number of nitrogens with one attached hydrogen (secondary N) is 1. The Bertz CT molecular complexity index is 1240. The van der Waals surface area contributed by atoms with Crippen LogP contribution in [0.15, 0.2) is 77.1 Å². The van der Waals surface area contributed by atoms with Crippen molar-refractivity contribution in [2.45, 2.75) is 38.8 Å². The predicted molar refractivity (Wildman–Crippen MR) is 140 cm³/mol. The number of carbonyl (C=O) groups excluding carboxylic acids is 2. The first-order valence-electron chi connectivity index (χ1n) is 11.8. The summed E-state index contributed by atoms with van der Waals surface area (Å²) in [5.41, 5.74) is 3.04. The number of nitrogens with zero attached hydrogens (tertiary/aromatic N) is 2. The van der Waals surface area contributed by atoms with Crippen molar-refractivity contribution < 1.29 is 24.0 Å². The van der Waals surface area contributed by atoms with Gasteiger partial charge in [-0.3, -0.25) is 10.1 Å². The molecule has 1 fully saturated rings. The smallest absolute Gasteiger partial charge is 0.337 e. The van der Waals surface area contributed by atoms with Crippen molar-refractivity contribution in [2.24, 2.45) is 0 Å². The molecule has 37 heavy (non-hydrogen) atoms. The number of benzene rings is 2. The number of rotatable bonds is 7. The average Bonchev–Trinajstić information content (AvgIpc) is 3.39. The number of halogens is 1. The van der Waals surface area contributed by atoms with Gasteiger partial charge in [0, 0.05) is 36.6 Å². The number of nitro benzene ring substituents is 1. The lowest BCUT2D eigenvalue weighted by Gasteiger charge is -2.38. The van der Waals surface area contributed by atoms with Crippen LogP contribution in [0.3, 0.4) is 0 Å². The van der Waals surface area contributed by atoms with Crippen LogP contribution in [0.5, 0.6) is 0 Å². The van der Waals surface area contributed by atoms with E-state index < -0.39 is 22.8 Å². The second kappa shape index (κ2) is 12.0. The third-order valence-corrected chi connectivity index (χ3v) is 6.68. The van der Waals surface area contributed by atoms with Crippen molar-refractivity contribution in [3.8, 4) is 0 Å². The number of non-ortho nitro benzene ring substituents is 1. The van der Waals surface area contributed by atoms with Crippen LogP contribution in [0.1, 0.15) is 37.3 Å². The number of hydrogen-bond donors (Lipinski definition) is 1. The summed E-state index contributed by atoms with van der Waals surface area (Å²) in [7, 11) is 1.28. The molecule has 4 rings (SSSR count). The van der Waals surface area contributed by atoms with Gasteiger partial charge in [0.05, 0.1) is 29.1 Å². The molecule has 10 heteroatoms. The van der Waals surface area contributed by atoms with E-state index >= 15 is 0 Å². The van der Waals surface area contributed by atoms with Crippen molar-refractivity contribution in [2.75, 3.05) is 20.2 Å². The number of carbonyl (C=O) groups is 2. The molecule has 2 aromatic rings. The van der Waals surface area contributed by atoms with Crippen molar-refractivity contribution >= 4 is 30.0 Å². The number of methoxy groups -OCH3 is 1. The Hall–Kier alpha value is -3.69. The summed E-state index contributed by atoms with van der Waals surface area (Å²) in [4.78, 5) is 39.8. The van der Waals surface area contributed by atoms with Crippen molar-refractivity contribution in [1.29, 1.82) is 0 Å². The van der Waals surface area contributed by atoms with Gasteiger partial charge in [-0.15, -0.1) is 12.4 Å². The minimum atomic E-state index is -0.883. The minimum absolute atomic E-state index is 0. The van der Waals surface area contributed by atoms with E-state index in [1.54, 1.807) is 19.1 Å². The topological polar surface area (TPSA) is 111 Å². The molecule has 0 radical (unpaired) electrons. The second-order valence-electron chi connectivity index (χ2n) is 8.87. The van der Waals surface area contributed by atoms with Crippen molar-refractivity contribution in [3.63, 3.8) is 0 Å². The Morgan fingerprint density at radius 1 is 1.05 bits per heavy atom. The van der Waals surface area contributed by atoms with Gasteiger partial charge in [-0.25, -0.2) is 9.59 Å². The van der Waals surface area contributed by atoms with Gasteiger partial charge in [-0.1, -0.05) is 42.5 Å². The molecular formula is C27H30ClN3O6. The predicted octanol–water partition coefficient (Wildman–Crippen LogP) is 4.24. The second-order valence-corrected chi connectivity index (χ2v) is 8.87. The number of ether oxygens (including phenoxy) is 2. The molecule has 2 heterocycles. The monoisotopic (exact) mass is 527 g/mol. The highest BCUT2D eigenvalue weighted by molar-refractivity contribution is 6.00. The summed E-state index contributed by atoms with van der Waals surface area (Å²) in [5.74, 6) is -2.04. The summed E-state index contributed by atoms with van der Waals surface area (Å²) in [6.07, 6.45) is 0.395. The Morgan fingerprint density at radius 3 is 2.32 bits per heavy atom. The fraction of sp³-hybridized carbons (Fsp3) is 0.333. The fourth-order valence-corrected chi connectivity index (χ4v) is 4.84. The highest BCUT2D eigenvalue weighted by atomic mass is 35.5. The van der Waals surface area contributed by atoms with Crippen LogP contribution in [-0.4, -0.2) is 48.1 Å². The fourth-order valence-electron chi connectivity index (χ4n) is 4.84. The first-order chi connectivity index (χ1) is 17.3. The average molecular weight is 528 g/mol.